The molecule has 0 aromatic heterocycles. The molecule has 1 aromatic carbocycles. The molecule has 0 spiro atoms. The minimum Gasteiger partial charge on any atom is -0.493 e. The van der Waals surface area contributed by atoms with Crippen molar-refractivity contribution in [2.45, 2.75) is 25.5 Å². The van der Waals surface area contributed by atoms with Gasteiger partial charge in [0.15, 0.2) is 0 Å². The Labute approximate surface area is 123 Å². The molecule has 0 radical (unpaired) electrons. The summed E-state index contributed by atoms with van der Waals surface area (Å²) in [4.78, 5) is 11.2. The summed E-state index contributed by atoms with van der Waals surface area (Å²) < 4.78 is 10.4. The fourth-order valence-electron chi connectivity index (χ4n) is 1.70. The van der Waals surface area contributed by atoms with Crippen molar-refractivity contribution in [2.75, 3.05) is 24.9 Å². The molecule has 0 fully saturated rings. The van der Waals surface area contributed by atoms with E-state index in [1.807, 2.05) is 18.4 Å². The topological polar surface area (TPSA) is 67.8 Å². The van der Waals surface area contributed by atoms with Gasteiger partial charge in [-0.25, -0.2) is 0 Å². The highest BCUT2D eigenvalue weighted by atomic mass is 32.2. The molecule has 0 bridgehead atoms. The number of anilines is 1. The van der Waals surface area contributed by atoms with Crippen LogP contribution in [0.15, 0.2) is 18.2 Å². The van der Waals surface area contributed by atoms with Crippen molar-refractivity contribution in [2.24, 2.45) is 0 Å². The maximum Gasteiger partial charge on any atom is 0.305 e. The van der Waals surface area contributed by atoms with Crippen molar-refractivity contribution in [1.29, 1.82) is 0 Å². The van der Waals surface area contributed by atoms with E-state index in [1.54, 1.807) is 24.8 Å². The summed E-state index contributed by atoms with van der Waals surface area (Å²) in [6.45, 7) is 2.63. The summed E-state index contributed by atoms with van der Waals surface area (Å²) in [5, 5.41) is 8.98. The van der Waals surface area contributed by atoms with Crippen molar-refractivity contribution in [3.05, 3.63) is 23.8 Å². The minimum atomic E-state index is -0.204. The molecule has 6 heteroatoms. The summed E-state index contributed by atoms with van der Waals surface area (Å²) >= 11 is 1.69. The van der Waals surface area contributed by atoms with Crippen LogP contribution in [0.2, 0.25) is 0 Å². The first-order chi connectivity index (χ1) is 9.69. The van der Waals surface area contributed by atoms with Gasteiger partial charge in [-0.2, -0.15) is 11.8 Å². The lowest BCUT2D eigenvalue weighted by atomic mass is 10.2. The molecule has 0 amide bonds. The van der Waals surface area contributed by atoms with Gasteiger partial charge < -0.3 is 9.47 Å². The van der Waals surface area contributed by atoms with E-state index in [0.29, 0.717) is 37.5 Å². The van der Waals surface area contributed by atoms with Crippen LogP contribution in [0, 0.1) is 0 Å². The predicted octanol–water partition coefficient (Wildman–Crippen LogP) is 3.07. The summed E-state index contributed by atoms with van der Waals surface area (Å²) in [5.41, 5.74) is 3.79. The number of ether oxygens (including phenoxy) is 2. The van der Waals surface area contributed by atoms with Crippen LogP contribution in [0.3, 0.4) is 0 Å². The highest BCUT2D eigenvalue weighted by Gasteiger charge is 2.04. The van der Waals surface area contributed by atoms with Crippen LogP contribution in [0.25, 0.3) is 0 Å². The van der Waals surface area contributed by atoms with Gasteiger partial charge in [-0.3, -0.25) is 15.5 Å². The third-order valence-corrected chi connectivity index (χ3v) is 3.13. The normalized spacial score (nSPS) is 10.2. The maximum absolute atomic E-state index is 11.2. The number of rotatable bonds is 9. The fourth-order valence-corrected chi connectivity index (χ4v) is 2.20. The third kappa shape index (κ3) is 6.16. The van der Waals surface area contributed by atoms with Crippen LogP contribution in [-0.4, -0.2) is 30.6 Å². The first kappa shape index (κ1) is 16.7. The largest absolute Gasteiger partial charge is 0.493 e. The number of benzene rings is 1. The summed E-state index contributed by atoms with van der Waals surface area (Å²) in [5.74, 6) is 1.32. The molecule has 1 rings (SSSR count). The standard InChI is InChI=1S/C14H21NO4S/c1-3-18-14(16)5-4-6-19-13-8-11(10-20-2)7-12(9-13)15-17/h7-9,15,17H,3-6,10H2,1-2H3. The van der Waals surface area contributed by atoms with E-state index in [-0.39, 0.29) is 5.97 Å². The molecule has 0 aliphatic rings. The van der Waals surface area contributed by atoms with Gasteiger partial charge in [-0.05, 0) is 37.3 Å². The molecule has 0 saturated heterocycles. The molecule has 0 aliphatic carbocycles. The van der Waals surface area contributed by atoms with E-state index < -0.39 is 0 Å². The molecule has 0 heterocycles. The first-order valence-corrected chi connectivity index (χ1v) is 7.90. The van der Waals surface area contributed by atoms with Crippen LogP contribution in [-0.2, 0) is 15.3 Å². The van der Waals surface area contributed by atoms with Crippen LogP contribution in [0.5, 0.6) is 5.75 Å². The Morgan fingerprint density at radius 1 is 1.40 bits per heavy atom. The second kappa shape index (κ2) is 9.50. The summed E-state index contributed by atoms with van der Waals surface area (Å²) in [6, 6.07) is 5.51. The molecule has 5 nitrogen and oxygen atoms in total. The molecule has 1 aromatic rings. The van der Waals surface area contributed by atoms with Gasteiger partial charge in [0.1, 0.15) is 5.75 Å². The average molecular weight is 299 g/mol. The molecular formula is C14H21NO4S. The Morgan fingerprint density at radius 3 is 2.85 bits per heavy atom. The Bertz CT molecular complexity index is 426. The summed E-state index contributed by atoms with van der Waals surface area (Å²) in [7, 11) is 0. The lowest BCUT2D eigenvalue weighted by molar-refractivity contribution is -0.143. The van der Waals surface area contributed by atoms with Gasteiger partial charge in [0.05, 0.1) is 18.9 Å². The van der Waals surface area contributed by atoms with Crippen LogP contribution in [0.1, 0.15) is 25.3 Å². The van der Waals surface area contributed by atoms with Gasteiger partial charge in [0, 0.05) is 18.2 Å². The molecule has 112 valence electrons. The lowest BCUT2D eigenvalue weighted by Gasteiger charge is -2.10. The number of carbonyl (C=O) groups excluding carboxylic acids is 1. The Kier molecular flexibility index (Phi) is 7.91. The van der Waals surface area contributed by atoms with Crippen LogP contribution >= 0.6 is 11.8 Å². The minimum absolute atomic E-state index is 0.204. The second-order valence-corrected chi connectivity index (χ2v) is 5.03. The van der Waals surface area contributed by atoms with E-state index in [9.17, 15) is 4.79 Å². The van der Waals surface area contributed by atoms with E-state index in [2.05, 4.69) is 5.48 Å². The SMILES string of the molecule is CCOC(=O)CCCOc1cc(CSC)cc(NO)c1. The molecule has 2 N–H and O–H groups in total. The van der Waals surface area contributed by atoms with Crippen molar-refractivity contribution in [3.8, 4) is 5.75 Å². The second-order valence-electron chi connectivity index (χ2n) is 4.17. The Morgan fingerprint density at radius 2 is 2.20 bits per heavy atom. The van der Waals surface area contributed by atoms with Gasteiger partial charge in [-0.1, -0.05) is 0 Å². The summed E-state index contributed by atoms with van der Waals surface area (Å²) in [6.07, 6.45) is 2.97. The van der Waals surface area contributed by atoms with E-state index in [4.69, 9.17) is 14.7 Å². The molecule has 0 aliphatic heterocycles. The first-order valence-electron chi connectivity index (χ1n) is 6.51. The van der Waals surface area contributed by atoms with Crippen molar-refractivity contribution in [1.82, 2.24) is 0 Å². The van der Waals surface area contributed by atoms with Gasteiger partial charge in [0.25, 0.3) is 0 Å². The zero-order valence-electron chi connectivity index (χ0n) is 11.8. The molecule has 0 saturated carbocycles. The van der Waals surface area contributed by atoms with Crippen molar-refractivity contribution < 1.29 is 19.5 Å². The van der Waals surface area contributed by atoms with Crippen LogP contribution in [0.4, 0.5) is 5.69 Å². The zero-order chi connectivity index (χ0) is 14.8. The van der Waals surface area contributed by atoms with E-state index in [1.165, 1.54) is 0 Å². The fraction of sp³-hybridized carbons (Fsp3) is 0.500. The zero-order valence-corrected chi connectivity index (χ0v) is 12.7. The number of hydrogen-bond donors (Lipinski definition) is 2. The Hall–Kier alpha value is -1.40. The van der Waals surface area contributed by atoms with Gasteiger partial charge >= 0.3 is 5.97 Å². The number of thioether (sulfide) groups is 1. The number of nitrogens with one attached hydrogen (secondary N) is 1. The molecule has 0 atom stereocenters. The monoisotopic (exact) mass is 299 g/mol. The highest BCUT2D eigenvalue weighted by molar-refractivity contribution is 7.97. The predicted molar refractivity (Wildman–Crippen MR) is 80.4 cm³/mol. The average Bonchev–Trinajstić information content (AvgIpc) is 2.44. The lowest BCUT2D eigenvalue weighted by Crippen LogP contribution is -2.07. The third-order valence-electron chi connectivity index (χ3n) is 2.51. The van der Waals surface area contributed by atoms with Crippen molar-refractivity contribution >= 4 is 23.4 Å². The van der Waals surface area contributed by atoms with Gasteiger partial charge in [-0.15, -0.1) is 0 Å². The quantitative estimate of drug-likeness (QED) is 0.415. The number of carbonyl (C=O) groups is 1. The van der Waals surface area contributed by atoms with Crippen molar-refractivity contribution in [3.63, 3.8) is 0 Å². The van der Waals surface area contributed by atoms with Gasteiger partial charge in [0.2, 0.25) is 0 Å². The smallest absolute Gasteiger partial charge is 0.305 e. The molecular weight excluding hydrogens is 278 g/mol. The van der Waals surface area contributed by atoms with Crippen LogP contribution < -0.4 is 10.2 Å². The van der Waals surface area contributed by atoms with E-state index in [0.717, 1.165) is 11.3 Å². The number of esters is 1. The number of hydrogen-bond acceptors (Lipinski definition) is 6. The van der Waals surface area contributed by atoms with E-state index >= 15 is 0 Å². The maximum atomic E-state index is 11.2. The molecule has 0 unspecified atom stereocenters. The molecule has 20 heavy (non-hydrogen) atoms. The Balaban J connectivity index is 2.46. The highest BCUT2D eigenvalue weighted by Crippen LogP contribution is 2.23.